The van der Waals surface area contributed by atoms with E-state index in [4.69, 9.17) is 0 Å². The summed E-state index contributed by atoms with van der Waals surface area (Å²) in [6.45, 7) is 8.53. The fourth-order valence-electron chi connectivity index (χ4n) is 3.29. The van der Waals surface area contributed by atoms with Crippen molar-refractivity contribution in [2.75, 3.05) is 6.54 Å². The van der Waals surface area contributed by atoms with Gasteiger partial charge in [0.05, 0.1) is 5.69 Å². The number of aromatic nitrogens is 2. The summed E-state index contributed by atoms with van der Waals surface area (Å²) in [6, 6.07) is 2.89. The summed E-state index contributed by atoms with van der Waals surface area (Å²) in [7, 11) is 0. The van der Waals surface area contributed by atoms with Crippen molar-refractivity contribution >= 4 is 0 Å². The van der Waals surface area contributed by atoms with Crippen molar-refractivity contribution in [1.82, 2.24) is 15.1 Å². The minimum absolute atomic E-state index is 0.638. The molecule has 0 aliphatic heterocycles. The van der Waals surface area contributed by atoms with E-state index < -0.39 is 0 Å². The van der Waals surface area contributed by atoms with Gasteiger partial charge >= 0.3 is 0 Å². The van der Waals surface area contributed by atoms with E-state index >= 15 is 0 Å². The topological polar surface area (TPSA) is 29.9 Å². The molecule has 1 N–H and O–H groups in total. The van der Waals surface area contributed by atoms with E-state index in [0.29, 0.717) is 6.04 Å². The van der Waals surface area contributed by atoms with Crippen LogP contribution in [0.2, 0.25) is 0 Å². The van der Waals surface area contributed by atoms with Crippen LogP contribution in [0.1, 0.15) is 50.9 Å². The van der Waals surface area contributed by atoms with Crippen molar-refractivity contribution in [3.05, 3.63) is 17.5 Å². The maximum atomic E-state index is 4.56. The van der Waals surface area contributed by atoms with E-state index in [1.165, 1.54) is 31.4 Å². The van der Waals surface area contributed by atoms with Gasteiger partial charge in [-0.15, -0.1) is 0 Å². The van der Waals surface area contributed by atoms with Crippen molar-refractivity contribution in [2.45, 2.75) is 65.5 Å². The molecule has 0 spiro atoms. The minimum atomic E-state index is 0.638. The fraction of sp³-hybridized carbons (Fsp3) is 0.800. The molecule has 102 valence electrons. The minimum Gasteiger partial charge on any atom is -0.314 e. The highest BCUT2D eigenvalue weighted by atomic mass is 15.3. The van der Waals surface area contributed by atoms with Gasteiger partial charge in [-0.3, -0.25) is 4.68 Å². The first kappa shape index (κ1) is 13.6. The standard InChI is InChI=1S/C15H27N3/c1-4-16-15(13-8-6-7-9-13)11-14-10-12(3)17-18(14)5-2/h10,13,15-16H,4-9,11H2,1-3H3. The molecule has 1 fully saturated rings. The largest absolute Gasteiger partial charge is 0.314 e. The molecule has 0 amide bonds. The van der Waals surface area contributed by atoms with Gasteiger partial charge in [0.25, 0.3) is 0 Å². The summed E-state index contributed by atoms with van der Waals surface area (Å²) >= 11 is 0. The molecule has 0 saturated heterocycles. The molecule has 3 heteroatoms. The van der Waals surface area contributed by atoms with Gasteiger partial charge in [0.2, 0.25) is 0 Å². The van der Waals surface area contributed by atoms with E-state index in [0.717, 1.165) is 31.1 Å². The Morgan fingerprint density at radius 2 is 2.11 bits per heavy atom. The molecule has 1 heterocycles. The van der Waals surface area contributed by atoms with Gasteiger partial charge in [0.15, 0.2) is 0 Å². The van der Waals surface area contributed by atoms with E-state index in [9.17, 15) is 0 Å². The second kappa shape index (κ2) is 6.37. The first-order chi connectivity index (χ1) is 8.74. The third-order valence-corrected chi connectivity index (χ3v) is 4.15. The first-order valence-electron chi connectivity index (χ1n) is 7.51. The zero-order valence-corrected chi connectivity index (χ0v) is 12.1. The highest BCUT2D eigenvalue weighted by Crippen LogP contribution is 2.29. The van der Waals surface area contributed by atoms with Gasteiger partial charge in [-0.2, -0.15) is 5.10 Å². The van der Waals surface area contributed by atoms with E-state index in [-0.39, 0.29) is 0 Å². The number of nitrogens with zero attached hydrogens (tertiary/aromatic N) is 2. The van der Waals surface area contributed by atoms with Crippen LogP contribution >= 0.6 is 0 Å². The lowest BCUT2D eigenvalue weighted by Crippen LogP contribution is -2.37. The molecule has 1 aromatic heterocycles. The molecule has 2 rings (SSSR count). The normalized spacial score (nSPS) is 18.4. The van der Waals surface area contributed by atoms with Crippen LogP contribution in [0.25, 0.3) is 0 Å². The molecule has 0 bridgehead atoms. The van der Waals surface area contributed by atoms with Crippen LogP contribution in [0.15, 0.2) is 6.07 Å². The van der Waals surface area contributed by atoms with E-state index in [2.05, 4.69) is 41.9 Å². The van der Waals surface area contributed by atoms with Crippen molar-refractivity contribution in [3.8, 4) is 0 Å². The van der Waals surface area contributed by atoms with Gasteiger partial charge in [-0.1, -0.05) is 19.8 Å². The number of hydrogen-bond acceptors (Lipinski definition) is 2. The number of rotatable bonds is 6. The molecular weight excluding hydrogens is 222 g/mol. The van der Waals surface area contributed by atoms with Crippen molar-refractivity contribution in [2.24, 2.45) is 5.92 Å². The maximum Gasteiger partial charge on any atom is 0.0596 e. The summed E-state index contributed by atoms with van der Waals surface area (Å²) in [6.07, 6.45) is 6.76. The SMILES string of the molecule is CCNC(Cc1cc(C)nn1CC)C1CCCC1. The van der Waals surface area contributed by atoms with Crippen LogP contribution in [0.4, 0.5) is 0 Å². The zero-order chi connectivity index (χ0) is 13.0. The highest BCUT2D eigenvalue weighted by Gasteiger charge is 2.25. The van der Waals surface area contributed by atoms with Gasteiger partial charge in [-0.25, -0.2) is 0 Å². The Labute approximate surface area is 111 Å². The Hall–Kier alpha value is -0.830. The molecule has 1 aromatic rings. The second-order valence-electron chi connectivity index (χ2n) is 5.51. The molecule has 1 aliphatic carbocycles. The monoisotopic (exact) mass is 249 g/mol. The average molecular weight is 249 g/mol. The van der Waals surface area contributed by atoms with Crippen LogP contribution in [-0.2, 0) is 13.0 Å². The molecule has 0 radical (unpaired) electrons. The van der Waals surface area contributed by atoms with Gasteiger partial charge in [-0.05, 0) is 45.2 Å². The molecule has 0 aromatic carbocycles. The third-order valence-electron chi connectivity index (χ3n) is 4.15. The number of nitrogens with one attached hydrogen (secondary N) is 1. The lowest BCUT2D eigenvalue weighted by molar-refractivity contribution is 0.355. The lowest BCUT2D eigenvalue weighted by atomic mass is 9.94. The highest BCUT2D eigenvalue weighted by molar-refractivity contribution is 5.11. The quantitative estimate of drug-likeness (QED) is 0.840. The smallest absolute Gasteiger partial charge is 0.0596 e. The Balaban J connectivity index is 2.06. The maximum absolute atomic E-state index is 4.56. The number of likely N-dealkylation sites (N-methyl/N-ethyl adjacent to an activating group) is 1. The number of aryl methyl sites for hydroxylation is 2. The predicted molar refractivity (Wildman–Crippen MR) is 75.8 cm³/mol. The molecule has 3 nitrogen and oxygen atoms in total. The number of hydrogen-bond donors (Lipinski definition) is 1. The fourth-order valence-corrected chi connectivity index (χ4v) is 3.29. The zero-order valence-electron chi connectivity index (χ0n) is 12.1. The first-order valence-corrected chi connectivity index (χ1v) is 7.51. The van der Waals surface area contributed by atoms with Gasteiger partial charge in [0.1, 0.15) is 0 Å². The lowest BCUT2D eigenvalue weighted by Gasteiger charge is -2.24. The molecule has 18 heavy (non-hydrogen) atoms. The Morgan fingerprint density at radius 3 is 2.72 bits per heavy atom. The van der Waals surface area contributed by atoms with E-state index in [1.807, 2.05) is 0 Å². The van der Waals surface area contributed by atoms with E-state index in [1.54, 1.807) is 0 Å². The molecule has 1 atom stereocenters. The summed E-state index contributed by atoms with van der Waals surface area (Å²) in [5, 5.41) is 8.25. The van der Waals surface area contributed by atoms with Crippen LogP contribution in [0, 0.1) is 12.8 Å². The van der Waals surface area contributed by atoms with Crippen LogP contribution in [-0.4, -0.2) is 22.4 Å². The second-order valence-corrected chi connectivity index (χ2v) is 5.51. The van der Waals surface area contributed by atoms with Crippen LogP contribution < -0.4 is 5.32 Å². The summed E-state index contributed by atoms with van der Waals surface area (Å²) in [4.78, 5) is 0. The van der Waals surface area contributed by atoms with Crippen LogP contribution in [0.3, 0.4) is 0 Å². The Morgan fingerprint density at radius 1 is 1.39 bits per heavy atom. The molecule has 1 unspecified atom stereocenters. The summed E-state index contributed by atoms with van der Waals surface area (Å²) in [5.74, 6) is 0.866. The summed E-state index contributed by atoms with van der Waals surface area (Å²) < 4.78 is 2.16. The van der Waals surface area contributed by atoms with Crippen molar-refractivity contribution in [1.29, 1.82) is 0 Å². The third kappa shape index (κ3) is 3.14. The predicted octanol–water partition coefficient (Wildman–Crippen LogP) is 2.92. The summed E-state index contributed by atoms with van der Waals surface area (Å²) in [5.41, 5.74) is 2.54. The molecule has 1 saturated carbocycles. The van der Waals surface area contributed by atoms with Gasteiger partial charge < -0.3 is 5.32 Å². The van der Waals surface area contributed by atoms with Crippen LogP contribution in [0.5, 0.6) is 0 Å². The average Bonchev–Trinajstić information content (AvgIpc) is 2.97. The van der Waals surface area contributed by atoms with Crippen molar-refractivity contribution in [3.63, 3.8) is 0 Å². The Bertz CT molecular complexity index is 364. The Kier molecular flexibility index (Phi) is 4.81. The molecular formula is C15H27N3. The van der Waals surface area contributed by atoms with Crippen molar-refractivity contribution < 1.29 is 0 Å². The molecule has 1 aliphatic rings. The van der Waals surface area contributed by atoms with Gasteiger partial charge in [0, 0.05) is 24.7 Å².